The monoisotopic (exact) mass is 547 g/mol. The number of aliphatic hydroxyl groups is 1. The zero-order valence-electron chi connectivity index (χ0n) is 20.4. The lowest BCUT2D eigenvalue weighted by molar-refractivity contribution is -0.0451. The molecule has 0 radical (unpaired) electrons. The first-order valence-corrected chi connectivity index (χ1v) is 15.0. The lowest BCUT2D eigenvalue weighted by atomic mass is 10.0. The summed E-state index contributed by atoms with van der Waals surface area (Å²) in [7, 11) is -9.28. The van der Waals surface area contributed by atoms with Gasteiger partial charge in [-0.3, -0.25) is 23.2 Å². The van der Waals surface area contributed by atoms with Gasteiger partial charge in [0.2, 0.25) is 18.7 Å². The summed E-state index contributed by atoms with van der Waals surface area (Å²) in [5.74, 6) is -0.0675. The first-order chi connectivity index (χ1) is 17.4. The van der Waals surface area contributed by atoms with Gasteiger partial charge in [-0.05, 0) is 31.0 Å². The smallest absolute Gasteiger partial charge is 0.431 e. The lowest BCUT2D eigenvalue weighted by Gasteiger charge is -2.43. The van der Waals surface area contributed by atoms with Crippen LogP contribution in [-0.4, -0.2) is 39.0 Å². The van der Waals surface area contributed by atoms with Gasteiger partial charge in [0.1, 0.15) is 0 Å². The molecule has 10 nitrogen and oxygen atoms in total. The Hall–Kier alpha value is -2.84. The number of ether oxygens (including phenoxy) is 2. The van der Waals surface area contributed by atoms with Crippen molar-refractivity contribution in [3.8, 4) is 16.9 Å². The number of aromatic nitrogens is 1. The molecule has 0 bridgehead atoms. The van der Waals surface area contributed by atoms with E-state index in [1.54, 1.807) is 62.4 Å². The van der Waals surface area contributed by atoms with E-state index in [2.05, 4.69) is 4.98 Å². The summed E-state index contributed by atoms with van der Waals surface area (Å²) in [6.45, 7) is 4.37. The number of hydrogen-bond acceptors (Lipinski definition) is 9. The SMILES string of the molecule is CC(C)OC(=O)Oc1c(-c2ccccc2)cccc1C1OP(C)(=O)C(O)(Cc2cccnc2)P(=O)(O)O1. The van der Waals surface area contributed by atoms with Gasteiger partial charge in [0.25, 0.3) is 0 Å². The molecule has 12 heteroatoms. The second kappa shape index (κ2) is 10.5. The van der Waals surface area contributed by atoms with Gasteiger partial charge in [-0.15, -0.1) is 0 Å². The Kier molecular flexibility index (Phi) is 7.72. The summed E-state index contributed by atoms with van der Waals surface area (Å²) in [6, 6.07) is 16.8. The van der Waals surface area contributed by atoms with Crippen LogP contribution < -0.4 is 4.74 Å². The van der Waals surface area contributed by atoms with E-state index in [1.165, 1.54) is 18.5 Å². The van der Waals surface area contributed by atoms with Gasteiger partial charge in [-0.25, -0.2) is 4.79 Å². The fourth-order valence-electron chi connectivity index (χ4n) is 3.86. The van der Waals surface area contributed by atoms with E-state index in [1.807, 2.05) is 6.07 Å². The van der Waals surface area contributed by atoms with Crippen LogP contribution in [0.3, 0.4) is 0 Å². The maximum absolute atomic E-state index is 13.7. The number of para-hydroxylation sites is 1. The maximum atomic E-state index is 13.7. The Bertz CT molecular complexity index is 1340. The van der Waals surface area contributed by atoms with Crippen LogP contribution in [0.5, 0.6) is 5.75 Å². The van der Waals surface area contributed by atoms with E-state index in [-0.39, 0.29) is 11.3 Å². The molecule has 1 aliphatic heterocycles. The Morgan fingerprint density at radius 1 is 1.08 bits per heavy atom. The van der Waals surface area contributed by atoms with Crippen LogP contribution in [0.2, 0.25) is 0 Å². The molecule has 196 valence electrons. The number of carbonyl (C=O) groups excluding carboxylic acids is 1. The zero-order chi connectivity index (χ0) is 26.8. The van der Waals surface area contributed by atoms with Crippen molar-refractivity contribution in [1.82, 2.24) is 4.98 Å². The molecule has 0 aliphatic carbocycles. The normalized spacial score (nSPS) is 27.6. The molecule has 1 aliphatic rings. The van der Waals surface area contributed by atoms with Crippen molar-refractivity contribution >= 4 is 21.1 Å². The fraction of sp³-hybridized carbons (Fsp3) is 0.280. The molecule has 2 N–H and O–H groups in total. The van der Waals surface area contributed by atoms with Gasteiger partial charge in [0, 0.05) is 31.0 Å². The molecule has 1 saturated heterocycles. The Morgan fingerprint density at radius 3 is 2.43 bits per heavy atom. The highest BCUT2D eigenvalue weighted by molar-refractivity contribution is 7.76. The molecule has 37 heavy (non-hydrogen) atoms. The number of benzene rings is 2. The Labute approximate surface area is 214 Å². The predicted octanol–water partition coefficient (Wildman–Crippen LogP) is 5.70. The quantitative estimate of drug-likeness (QED) is 0.224. The molecule has 4 unspecified atom stereocenters. The number of rotatable bonds is 6. The molecule has 1 fully saturated rings. The van der Waals surface area contributed by atoms with E-state index in [9.17, 15) is 23.9 Å². The van der Waals surface area contributed by atoms with Gasteiger partial charge in [0.05, 0.1) is 11.7 Å². The molecule has 2 heterocycles. The van der Waals surface area contributed by atoms with Gasteiger partial charge in [-0.2, -0.15) is 0 Å². The van der Waals surface area contributed by atoms with Crippen LogP contribution >= 0.6 is 15.0 Å². The summed E-state index contributed by atoms with van der Waals surface area (Å²) in [6.07, 6.45) is -0.824. The van der Waals surface area contributed by atoms with Crippen molar-refractivity contribution in [3.63, 3.8) is 0 Å². The minimum Gasteiger partial charge on any atom is -0.431 e. The summed E-state index contributed by atoms with van der Waals surface area (Å²) >= 11 is 0. The standard InChI is InChI=1S/C25H27NO9P2/c1-17(2)32-24(27)33-22-20(19-10-5-4-6-11-19)12-7-13-21(22)23-34-36(3,29)25(28,37(30,31)35-23)15-18-9-8-14-26-16-18/h4-14,16-17,23,28H,15H2,1-3H3,(H,30,31). The van der Waals surface area contributed by atoms with Crippen LogP contribution in [0.15, 0.2) is 73.1 Å². The Balaban J connectivity index is 1.77. The molecule has 0 amide bonds. The molecule has 4 rings (SSSR count). The largest absolute Gasteiger partial charge is 0.514 e. The summed E-state index contributed by atoms with van der Waals surface area (Å²) in [5, 5.41) is 8.50. The van der Waals surface area contributed by atoms with E-state index >= 15 is 0 Å². The van der Waals surface area contributed by atoms with Crippen LogP contribution in [0.25, 0.3) is 11.1 Å². The third-order valence-electron chi connectivity index (χ3n) is 5.70. The average molecular weight is 547 g/mol. The molecule has 0 saturated carbocycles. The zero-order valence-corrected chi connectivity index (χ0v) is 22.2. The summed E-state index contributed by atoms with van der Waals surface area (Å²) in [5.41, 5.74) is 1.47. The van der Waals surface area contributed by atoms with E-state index in [4.69, 9.17) is 18.5 Å². The van der Waals surface area contributed by atoms with Crippen molar-refractivity contribution in [3.05, 3.63) is 84.2 Å². The van der Waals surface area contributed by atoms with E-state index in [0.29, 0.717) is 16.7 Å². The fourth-order valence-corrected chi connectivity index (χ4v) is 8.18. The maximum Gasteiger partial charge on any atom is 0.514 e. The minimum absolute atomic E-state index is 0.0156. The highest BCUT2D eigenvalue weighted by Gasteiger charge is 2.65. The third kappa shape index (κ3) is 5.55. The van der Waals surface area contributed by atoms with Crippen molar-refractivity contribution in [2.24, 2.45) is 0 Å². The third-order valence-corrected chi connectivity index (χ3v) is 11.1. The topological polar surface area (TPSA) is 141 Å². The van der Waals surface area contributed by atoms with E-state index < -0.39 is 45.0 Å². The van der Waals surface area contributed by atoms with Crippen molar-refractivity contribution in [2.75, 3.05) is 6.66 Å². The van der Waals surface area contributed by atoms with Crippen LogP contribution in [0, 0.1) is 0 Å². The van der Waals surface area contributed by atoms with Crippen molar-refractivity contribution in [1.29, 1.82) is 0 Å². The van der Waals surface area contributed by atoms with Crippen LogP contribution in [0.1, 0.15) is 31.3 Å². The van der Waals surface area contributed by atoms with Gasteiger partial charge in [0.15, 0.2) is 5.75 Å². The lowest BCUT2D eigenvalue weighted by Crippen LogP contribution is -2.37. The Morgan fingerprint density at radius 2 is 1.81 bits per heavy atom. The van der Waals surface area contributed by atoms with Crippen LogP contribution in [0.4, 0.5) is 4.79 Å². The van der Waals surface area contributed by atoms with Crippen molar-refractivity contribution < 1.29 is 42.4 Å². The van der Waals surface area contributed by atoms with E-state index in [0.717, 1.165) is 6.66 Å². The molecular weight excluding hydrogens is 520 g/mol. The van der Waals surface area contributed by atoms with Crippen molar-refractivity contribution in [2.45, 2.75) is 37.7 Å². The number of hydrogen-bond donors (Lipinski definition) is 2. The summed E-state index contributed by atoms with van der Waals surface area (Å²) in [4.78, 5) is 27.3. The van der Waals surface area contributed by atoms with Gasteiger partial charge >= 0.3 is 13.8 Å². The van der Waals surface area contributed by atoms with Gasteiger partial charge in [-0.1, -0.05) is 54.6 Å². The molecular formula is C25H27NO9P2. The summed E-state index contributed by atoms with van der Waals surface area (Å²) < 4.78 is 48.8. The highest BCUT2D eigenvalue weighted by Crippen LogP contribution is 2.79. The number of carbonyl (C=O) groups is 1. The molecule has 2 aromatic carbocycles. The highest BCUT2D eigenvalue weighted by atomic mass is 31.2. The molecule has 3 aromatic rings. The second-order valence-electron chi connectivity index (χ2n) is 8.83. The molecule has 4 atom stereocenters. The molecule has 0 spiro atoms. The number of pyridine rings is 1. The predicted molar refractivity (Wildman–Crippen MR) is 135 cm³/mol. The van der Waals surface area contributed by atoms with Gasteiger partial charge < -0.3 is 19.5 Å². The molecule has 1 aromatic heterocycles. The number of nitrogens with zero attached hydrogens (tertiary/aromatic N) is 1. The average Bonchev–Trinajstić information content (AvgIpc) is 2.83. The second-order valence-corrected chi connectivity index (χ2v) is 13.8. The first kappa shape index (κ1) is 27.2. The minimum atomic E-state index is -5.01. The first-order valence-electron chi connectivity index (χ1n) is 11.4. The van der Waals surface area contributed by atoms with Crippen LogP contribution in [-0.2, 0) is 29.3 Å².